The molecule has 1 aliphatic rings. The van der Waals surface area contributed by atoms with Crippen LogP contribution in [0.15, 0.2) is 59.5 Å². The number of amides is 1. The van der Waals surface area contributed by atoms with Gasteiger partial charge in [0.15, 0.2) is 6.23 Å². The number of hydrogen-bond donors (Lipinski definition) is 0. The summed E-state index contributed by atoms with van der Waals surface area (Å²) < 4.78 is 11.2. The Balaban J connectivity index is 1.80. The van der Waals surface area contributed by atoms with Crippen LogP contribution in [0.1, 0.15) is 31.9 Å². The van der Waals surface area contributed by atoms with Crippen LogP contribution >= 0.6 is 11.8 Å². The van der Waals surface area contributed by atoms with Gasteiger partial charge in [0.05, 0.1) is 0 Å². The van der Waals surface area contributed by atoms with E-state index in [9.17, 15) is 9.59 Å². The third kappa shape index (κ3) is 5.12. The number of hydrogen-bond acceptors (Lipinski definition) is 5. The Morgan fingerprint density at radius 2 is 1.72 bits per heavy atom. The van der Waals surface area contributed by atoms with Gasteiger partial charge in [0.1, 0.15) is 12.6 Å². The zero-order valence-electron chi connectivity index (χ0n) is 17.3. The highest BCUT2D eigenvalue weighted by atomic mass is 32.2. The average molecular weight is 414 g/mol. The molecule has 0 aliphatic carbocycles. The fourth-order valence-corrected chi connectivity index (χ4v) is 3.71. The van der Waals surface area contributed by atoms with Crippen molar-refractivity contribution < 1.29 is 19.1 Å². The third-order valence-electron chi connectivity index (χ3n) is 4.83. The average Bonchev–Trinajstić information content (AvgIpc) is 3.04. The van der Waals surface area contributed by atoms with Crippen molar-refractivity contribution in [3.8, 4) is 0 Å². The van der Waals surface area contributed by atoms with E-state index in [1.165, 1.54) is 4.90 Å². The smallest absolute Gasteiger partial charge is 0.413 e. The fraction of sp³-hybridized carbons (Fsp3) is 0.391. The molecule has 0 N–H and O–H groups in total. The molecule has 0 aromatic heterocycles. The molecular weight excluding hydrogens is 386 g/mol. The Morgan fingerprint density at radius 1 is 1.07 bits per heavy atom. The summed E-state index contributed by atoms with van der Waals surface area (Å²) in [6.07, 6.45) is 1.20. The van der Waals surface area contributed by atoms with Crippen molar-refractivity contribution >= 4 is 23.8 Å². The van der Waals surface area contributed by atoms with E-state index < -0.39 is 29.7 Å². The molecule has 0 radical (unpaired) electrons. The SMILES string of the molecule is CSc1ccc(C[C@@H]2C(=O)O[C@@H](C(C)(C)C)N2C(=O)OCc2ccccc2)cc1. The quantitative estimate of drug-likeness (QED) is 0.516. The van der Waals surface area contributed by atoms with Gasteiger partial charge in [-0.1, -0.05) is 63.2 Å². The highest BCUT2D eigenvalue weighted by Crippen LogP contribution is 2.34. The summed E-state index contributed by atoms with van der Waals surface area (Å²) in [5.74, 6) is -0.393. The Kier molecular flexibility index (Phi) is 6.52. The van der Waals surface area contributed by atoms with Crippen molar-refractivity contribution in [1.29, 1.82) is 0 Å². The number of nitrogens with zero attached hydrogens (tertiary/aromatic N) is 1. The maximum atomic E-state index is 13.0. The fourth-order valence-electron chi connectivity index (χ4n) is 3.30. The van der Waals surface area contributed by atoms with Gasteiger partial charge in [-0.05, 0) is 29.5 Å². The lowest BCUT2D eigenvalue weighted by Gasteiger charge is -2.33. The van der Waals surface area contributed by atoms with Gasteiger partial charge in [-0.3, -0.25) is 4.90 Å². The monoisotopic (exact) mass is 413 g/mol. The molecule has 1 saturated heterocycles. The summed E-state index contributed by atoms with van der Waals surface area (Å²) in [7, 11) is 0. The van der Waals surface area contributed by atoms with Crippen LogP contribution in [0.4, 0.5) is 4.79 Å². The molecule has 154 valence electrons. The number of cyclic esters (lactones) is 1. The minimum atomic E-state index is -0.706. The molecular formula is C23H27NO4S. The lowest BCUT2D eigenvalue weighted by molar-refractivity contribution is -0.147. The molecule has 2 atom stereocenters. The van der Waals surface area contributed by atoms with E-state index in [1.54, 1.807) is 11.8 Å². The molecule has 3 rings (SSSR count). The van der Waals surface area contributed by atoms with Gasteiger partial charge in [0, 0.05) is 16.7 Å². The summed E-state index contributed by atoms with van der Waals surface area (Å²) in [5.41, 5.74) is 1.43. The molecule has 2 aromatic rings. The first-order chi connectivity index (χ1) is 13.8. The molecule has 0 unspecified atom stereocenters. The van der Waals surface area contributed by atoms with Crippen molar-refractivity contribution in [1.82, 2.24) is 4.90 Å². The van der Waals surface area contributed by atoms with E-state index in [4.69, 9.17) is 9.47 Å². The number of ether oxygens (including phenoxy) is 2. The van der Waals surface area contributed by atoms with E-state index in [0.717, 1.165) is 16.0 Å². The van der Waals surface area contributed by atoms with Crippen LogP contribution in [-0.4, -0.2) is 35.5 Å². The van der Waals surface area contributed by atoms with Crippen molar-refractivity contribution in [3.63, 3.8) is 0 Å². The predicted octanol–water partition coefficient (Wildman–Crippen LogP) is 4.89. The molecule has 1 amide bonds. The first-order valence-corrected chi connectivity index (χ1v) is 10.8. The van der Waals surface area contributed by atoms with E-state index in [2.05, 4.69) is 0 Å². The number of esters is 1. The number of rotatable bonds is 5. The first kappa shape index (κ1) is 21.2. The second-order valence-corrected chi connectivity index (χ2v) is 9.05. The Hall–Kier alpha value is -2.47. The first-order valence-electron chi connectivity index (χ1n) is 9.62. The lowest BCUT2D eigenvalue weighted by Crippen LogP contribution is -2.48. The topological polar surface area (TPSA) is 55.8 Å². The zero-order chi connectivity index (χ0) is 21.0. The van der Waals surface area contributed by atoms with Crippen LogP contribution in [0.2, 0.25) is 0 Å². The normalized spacial score (nSPS) is 19.2. The molecule has 1 aliphatic heterocycles. The molecule has 1 fully saturated rings. The van der Waals surface area contributed by atoms with E-state index in [0.29, 0.717) is 6.42 Å². The van der Waals surface area contributed by atoms with Gasteiger partial charge >= 0.3 is 12.1 Å². The standard InChI is InChI=1S/C23H27NO4S/c1-23(2,3)21-24(22(26)27-15-17-8-6-5-7-9-17)19(20(25)28-21)14-16-10-12-18(29-4)13-11-16/h5-13,19,21H,14-15H2,1-4H3/t19-,21+/m1/s1. The van der Waals surface area contributed by atoms with E-state index >= 15 is 0 Å². The molecule has 6 heteroatoms. The molecule has 2 aromatic carbocycles. The molecule has 0 spiro atoms. The second kappa shape index (κ2) is 8.91. The summed E-state index contributed by atoms with van der Waals surface area (Å²) >= 11 is 1.66. The zero-order valence-corrected chi connectivity index (χ0v) is 18.1. The van der Waals surface area contributed by atoms with Crippen LogP contribution in [0, 0.1) is 5.41 Å². The van der Waals surface area contributed by atoms with Gasteiger partial charge in [-0.15, -0.1) is 11.8 Å². The van der Waals surface area contributed by atoms with Crippen LogP contribution in [0.3, 0.4) is 0 Å². The predicted molar refractivity (Wildman–Crippen MR) is 114 cm³/mol. The summed E-state index contributed by atoms with van der Waals surface area (Å²) in [6.45, 7) is 5.98. The Bertz CT molecular complexity index is 845. The largest absolute Gasteiger partial charge is 0.444 e. The molecule has 0 saturated carbocycles. The van der Waals surface area contributed by atoms with E-state index in [1.807, 2.05) is 81.6 Å². The van der Waals surface area contributed by atoms with Crippen molar-refractivity contribution in [2.45, 2.75) is 51.0 Å². The number of carbonyl (C=O) groups excluding carboxylic acids is 2. The van der Waals surface area contributed by atoms with Crippen molar-refractivity contribution in [2.75, 3.05) is 6.26 Å². The summed E-state index contributed by atoms with van der Waals surface area (Å²) in [4.78, 5) is 28.3. The summed E-state index contributed by atoms with van der Waals surface area (Å²) in [5, 5.41) is 0. The molecule has 29 heavy (non-hydrogen) atoms. The Labute approximate surface area is 176 Å². The van der Waals surface area contributed by atoms with Gasteiger partial charge in [0.25, 0.3) is 0 Å². The lowest BCUT2D eigenvalue weighted by atomic mass is 9.93. The van der Waals surface area contributed by atoms with E-state index in [-0.39, 0.29) is 6.61 Å². The van der Waals surface area contributed by atoms with Gasteiger partial charge in [0.2, 0.25) is 0 Å². The second-order valence-electron chi connectivity index (χ2n) is 8.17. The van der Waals surface area contributed by atoms with Crippen LogP contribution in [0.5, 0.6) is 0 Å². The number of benzene rings is 2. The number of carbonyl (C=O) groups is 2. The van der Waals surface area contributed by atoms with Gasteiger partial charge < -0.3 is 9.47 Å². The highest BCUT2D eigenvalue weighted by molar-refractivity contribution is 7.98. The molecule has 5 nitrogen and oxygen atoms in total. The molecule has 1 heterocycles. The van der Waals surface area contributed by atoms with Crippen molar-refractivity contribution in [3.05, 3.63) is 65.7 Å². The maximum absolute atomic E-state index is 13.0. The Morgan fingerprint density at radius 3 is 2.31 bits per heavy atom. The van der Waals surface area contributed by atoms with Crippen LogP contribution in [-0.2, 0) is 27.3 Å². The minimum Gasteiger partial charge on any atom is -0.444 e. The van der Waals surface area contributed by atoms with Gasteiger partial charge in [-0.2, -0.15) is 0 Å². The number of thioether (sulfide) groups is 1. The highest BCUT2D eigenvalue weighted by Gasteiger charge is 2.50. The van der Waals surface area contributed by atoms with Crippen LogP contribution < -0.4 is 0 Å². The van der Waals surface area contributed by atoms with Crippen LogP contribution in [0.25, 0.3) is 0 Å². The summed E-state index contributed by atoms with van der Waals surface area (Å²) in [6, 6.07) is 16.8. The third-order valence-corrected chi connectivity index (χ3v) is 5.58. The van der Waals surface area contributed by atoms with Crippen molar-refractivity contribution in [2.24, 2.45) is 5.41 Å². The van der Waals surface area contributed by atoms with Gasteiger partial charge in [-0.25, -0.2) is 9.59 Å². The minimum absolute atomic E-state index is 0.149. The maximum Gasteiger partial charge on any atom is 0.413 e. The molecule has 0 bridgehead atoms.